The molecule has 21 heavy (non-hydrogen) atoms. The van der Waals surface area contributed by atoms with Gasteiger partial charge in [-0.25, -0.2) is 0 Å². The predicted octanol–water partition coefficient (Wildman–Crippen LogP) is 2.37. The molecule has 0 unspecified atom stereocenters. The van der Waals surface area contributed by atoms with Crippen LogP contribution in [0.1, 0.15) is 51.4 Å². The Hall–Kier alpha value is 0.723. The number of hydrogen-bond donors (Lipinski definition) is 4. The van der Waals surface area contributed by atoms with E-state index in [1.807, 2.05) is 0 Å². The van der Waals surface area contributed by atoms with Crippen LogP contribution in [0.5, 0.6) is 0 Å². The Balaban J connectivity index is -0.0000000533. The van der Waals surface area contributed by atoms with Gasteiger partial charge in [-0.05, 0) is 0 Å². The summed E-state index contributed by atoms with van der Waals surface area (Å²) in [4.78, 5) is 0. The number of aliphatic hydroxyl groups excluding tert-OH is 4. The van der Waals surface area contributed by atoms with Crippen LogP contribution in [0.2, 0.25) is 0 Å². The van der Waals surface area contributed by atoms with Crippen LogP contribution >= 0.6 is 0 Å². The second-order valence-corrected chi connectivity index (χ2v) is 3.72. The van der Waals surface area contributed by atoms with Crippen molar-refractivity contribution in [1.29, 1.82) is 0 Å². The average molecular weight is 384 g/mol. The molecule has 0 atom stereocenters. The number of hydrogen-bond acceptors (Lipinski definition) is 4. The molecular weight excluding hydrogens is 347 g/mol. The minimum absolute atomic E-state index is 0. The molecule has 0 saturated carbocycles. The minimum atomic E-state index is 0. The molecule has 0 radical (unpaired) electrons. The molecule has 0 aliphatic heterocycles. The maximum Gasteiger partial charge on any atom is 4.00 e. The van der Waals surface area contributed by atoms with Gasteiger partial charge in [0.25, 0.3) is 0 Å². The summed E-state index contributed by atoms with van der Waals surface area (Å²) in [5.74, 6) is 0. The molecule has 0 bridgehead atoms. The first kappa shape index (κ1) is 33.4. The Morgan fingerprint density at radius 3 is 0.571 bits per heavy atom. The van der Waals surface area contributed by atoms with Gasteiger partial charge in [-0.15, -0.1) is 0 Å². The van der Waals surface area contributed by atoms with E-state index in [1.54, 1.807) is 0 Å². The molecule has 0 aliphatic rings. The smallest absolute Gasteiger partial charge is 0.396 e. The zero-order valence-electron chi connectivity index (χ0n) is 13.6. The summed E-state index contributed by atoms with van der Waals surface area (Å²) in [6.45, 7) is 15.2. The van der Waals surface area contributed by atoms with E-state index in [0.717, 1.165) is 51.4 Å². The van der Waals surface area contributed by atoms with Gasteiger partial charge in [0.05, 0.1) is 0 Å². The molecule has 0 aromatic heterocycles. The zero-order chi connectivity index (χ0) is 16.5. The molecule has 5 heteroatoms. The van der Waals surface area contributed by atoms with Crippen molar-refractivity contribution in [2.75, 3.05) is 26.4 Å². The maximum absolute atomic E-state index is 8.03. The second kappa shape index (κ2) is 49.8. The van der Waals surface area contributed by atoms with Crippen LogP contribution in [-0.2, 0) is 26.2 Å². The molecule has 0 fully saturated rings. The molecule has 0 aromatic rings. The third kappa shape index (κ3) is 95.5. The molecule has 0 spiro atoms. The topological polar surface area (TPSA) is 80.9 Å². The van der Waals surface area contributed by atoms with Crippen LogP contribution in [0.25, 0.3) is 0 Å². The quantitative estimate of drug-likeness (QED) is 0.485. The molecule has 128 valence electrons. The van der Waals surface area contributed by atoms with Gasteiger partial charge in [0.15, 0.2) is 0 Å². The van der Waals surface area contributed by atoms with E-state index in [1.165, 1.54) is 0 Å². The Morgan fingerprint density at radius 2 is 0.571 bits per heavy atom. The fourth-order valence-electron chi connectivity index (χ4n) is 0.447. The second-order valence-electron chi connectivity index (χ2n) is 3.72. The summed E-state index contributed by atoms with van der Waals surface area (Å²) in [7, 11) is 0. The Morgan fingerprint density at radius 1 is 0.429 bits per heavy atom. The summed E-state index contributed by atoms with van der Waals surface area (Å²) in [5, 5.41) is 32.1. The van der Waals surface area contributed by atoms with E-state index in [-0.39, 0.29) is 52.6 Å². The van der Waals surface area contributed by atoms with Crippen molar-refractivity contribution < 1.29 is 46.6 Å². The van der Waals surface area contributed by atoms with Crippen LogP contribution in [0.3, 0.4) is 0 Å². The molecule has 0 aromatic carbocycles. The van der Waals surface area contributed by atoms with Crippen molar-refractivity contribution in [1.82, 2.24) is 0 Å². The molecule has 0 amide bonds. The van der Waals surface area contributed by atoms with E-state index in [2.05, 4.69) is 27.7 Å². The third-order valence-electron chi connectivity index (χ3n) is 1.63. The van der Waals surface area contributed by atoms with Crippen molar-refractivity contribution >= 4 is 0 Å². The van der Waals surface area contributed by atoms with Gasteiger partial charge >= 0.3 is 26.2 Å². The maximum atomic E-state index is 8.03. The Labute approximate surface area is 152 Å². The fourth-order valence-corrected chi connectivity index (χ4v) is 0.447. The third-order valence-corrected chi connectivity index (χ3v) is 1.63. The molecular formula is C16H36O4Zr. The van der Waals surface area contributed by atoms with E-state index < -0.39 is 0 Å². The SMILES string of the molecule is [CH2-]CCCO.[CH2-]CCCO.[CH2-]CCCO.[CH2-]CCCO.[Zr+4]. The molecule has 4 nitrogen and oxygen atoms in total. The average Bonchev–Trinajstić information content (AvgIpc) is 2.44. The number of rotatable bonds is 8. The van der Waals surface area contributed by atoms with Crippen LogP contribution in [0.4, 0.5) is 0 Å². The first-order valence-electron chi connectivity index (χ1n) is 7.26. The van der Waals surface area contributed by atoms with Crippen molar-refractivity contribution in [3.05, 3.63) is 27.7 Å². The van der Waals surface area contributed by atoms with Gasteiger partial charge in [0.2, 0.25) is 0 Å². The molecule has 4 N–H and O–H groups in total. The Kier molecular flexibility index (Phi) is 79.1. The Bertz CT molecular complexity index is 74.3. The first-order chi connectivity index (χ1) is 9.66. The van der Waals surface area contributed by atoms with Crippen molar-refractivity contribution in [2.45, 2.75) is 51.4 Å². The summed E-state index contributed by atoms with van der Waals surface area (Å²) in [6, 6.07) is 0. The zero-order valence-corrected chi connectivity index (χ0v) is 16.1. The molecule has 0 aliphatic carbocycles. The van der Waals surface area contributed by atoms with E-state index >= 15 is 0 Å². The van der Waals surface area contributed by atoms with Gasteiger partial charge in [-0.3, -0.25) is 0 Å². The molecule has 0 saturated heterocycles. The summed E-state index contributed by atoms with van der Waals surface area (Å²) < 4.78 is 0. The van der Waals surface area contributed by atoms with E-state index in [9.17, 15) is 0 Å². The van der Waals surface area contributed by atoms with Gasteiger partial charge in [0.1, 0.15) is 0 Å². The van der Waals surface area contributed by atoms with Crippen LogP contribution in [0.15, 0.2) is 0 Å². The summed E-state index contributed by atoms with van der Waals surface area (Å²) >= 11 is 0. The van der Waals surface area contributed by atoms with Gasteiger partial charge in [0, 0.05) is 26.4 Å². The summed E-state index contributed by atoms with van der Waals surface area (Å²) in [5.41, 5.74) is 0. The van der Waals surface area contributed by atoms with Crippen molar-refractivity contribution in [3.63, 3.8) is 0 Å². The van der Waals surface area contributed by atoms with Crippen LogP contribution in [0, 0.1) is 27.7 Å². The van der Waals surface area contributed by atoms with E-state index in [0.29, 0.717) is 0 Å². The monoisotopic (exact) mass is 382 g/mol. The van der Waals surface area contributed by atoms with Crippen LogP contribution < -0.4 is 0 Å². The largest absolute Gasteiger partial charge is 4.00 e. The first-order valence-corrected chi connectivity index (χ1v) is 7.26. The van der Waals surface area contributed by atoms with E-state index in [4.69, 9.17) is 20.4 Å². The predicted molar refractivity (Wildman–Crippen MR) is 86.7 cm³/mol. The molecule has 0 rings (SSSR count). The van der Waals surface area contributed by atoms with Crippen molar-refractivity contribution in [2.24, 2.45) is 0 Å². The summed E-state index contributed by atoms with van der Waals surface area (Å²) in [6.07, 6.45) is 6.71. The number of unbranched alkanes of at least 4 members (excludes halogenated alkanes) is 4. The van der Waals surface area contributed by atoms with Gasteiger partial charge in [-0.2, -0.15) is 25.7 Å². The van der Waals surface area contributed by atoms with Gasteiger partial charge in [-0.1, -0.05) is 25.7 Å². The number of aliphatic hydroxyl groups is 4. The standard InChI is InChI=1S/4C4H9O.Zr/c4*1-2-3-4-5;/h4*5H,1-4H2;/q4*-1;+4. The van der Waals surface area contributed by atoms with Crippen molar-refractivity contribution in [3.8, 4) is 0 Å². The fraction of sp³-hybridized carbons (Fsp3) is 0.750. The normalized spacial score (nSPS) is 8.00. The minimum Gasteiger partial charge on any atom is -0.396 e. The van der Waals surface area contributed by atoms with Gasteiger partial charge < -0.3 is 48.1 Å². The molecule has 0 heterocycles. The van der Waals surface area contributed by atoms with Crippen LogP contribution in [-0.4, -0.2) is 46.9 Å².